The van der Waals surface area contributed by atoms with Crippen molar-refractivity contribution in [2.75, 3.05) is 5.32 Å². The van der Waals surface area contributed by atoms with E-state index in [0.717, 1.165) is 28.1 Å². The number of rotatable bonds is 5. The number of amides is 1. The Bertz CT molecular complexity index is 1440. The summed E-state index contributed by atoms with van der Waals surface area (Å²) in [5.41, 5.74) is 5.04. The number of nitrogens with zero attached hydrogens (tertiary/aromatic N) is 3. The van der Waals surface area contributed by atoms with Crippen LogP contribution in [0.2, 0.25) is 0 Å². The highest BCUT2D eigenvalue weighted by molar-refractivity contribution is 7.22. The molecule has 1 aliphatic carbocycles. The minimum Gasteiger partial charge on any atom is -0.326 e. The zero-order valence-corrected chi connectivity index (χ0v) is 18.8. The molecule has 0 saturated heterocycles. The maximum absolute atomic E-state index is 13.0. The Balaban J connectivity index is 1.29. The quantitative estimate of drug-likeness (QED) is 0.354. The summed E-state index contributed by atoms with van der Waals surface area (Å²) in [6, 6.07) is 24.8. The number of thiophene rings is 1. The highest BCUT2D eigenvalue weighted by Crippen LogP contribution is 2.48. The summed E-state index contributed by atoms with van der Waals surface area (Å²) in [7, 11) is 0. The molecule has 0 spiro atoms. The van der Waals surface area contributed by atoms with Crippen LogP contribution in [0, 0.1) is 12.8 Å². The number of fused-ring (bicyclic) bond motifs is 1. The number of hydrogen-bond donors (Lipinski definition) is 2. The van der Waals surface area contributed by atoms with Crippen LogP contribution < -0.4 is 5.32 Å². The molecule has 2 aromatic heterocycles. The van der Waals surface area contributed by atoms with Gasteiger partial charge in [-0.3, -0.25) is 4.79 Å². The molecule has 2 atom stereocenters. The van der Waals surface area contributed by atoms with Gasteiger partial charge >= 0.3 is 0 Å². The highest BCUT2D eigenvalue weighted by Gasteiger charge is 2.44. The number of tetrazole rings is 1. The van der Waals surface area contributed by atoms with Crippen LogP contribution in [0.1, 0.15) is 23.5 Å². The highest BCUT2D eigenvalue weighted by atomic mass is 32.1. The lowest BCUT2D eigenvalue weighted by Crippen LogP contribution is -2.14. The molecule has 1 aliphatic rings. The number of aryl methyl sites for hydroxylation is 1. The first-order valence-corrected chi connectivity index (χ1v) is 11.7. The van der Waals surface area contributed by atoms with Crippen LogP contribution in [-0.2, 0) is 4.79 Å². The second-order valence-corrected chi connectivity index (χ2v) is 9.58. The van der Waals surface area contributed by atoms with E-state index < -0.39 is 0 Å². The molecule has 2 N–H and O–H groups in total. The minimum absolute atomic E-state index is 0.00250. The summed E-state index contributed by atoms with van der Waals surface area (Å²) in [6.45, 7) is 2.08. The van der Waals surface area contributed by atoms with Crippen LogP contribution in [0.3, 0.4) is 0 Å². The molecule has 0 bridgehead atoms. The van der Waals surface area contributed by atoms with E-state index in [2.05, 4.69) is 75.3 Å². The number of carbonyl (C=O) groups excluding carboxylic acids is 1. The lowest BCUT2D eigenvalue weighted by Gasteiger charge is -2.10. The van der Waals surface area contributed by atoms with Crippen molar-refractivity contribution in [2.24, 2.45) is 5.92 Å². The van der Waals surface area contributed by atoms with Gasteiger partial charge in [0.05, 0.1) is 0 Å². The van der Waals surface area contributed by atoms with Crippen molar-refractivity contribution in [2.45, 2.75) is 19.3 Å². The molecule has 7 heteroatoms. The number of hydrogen-bond acceptors (Lipinski definition) is 5. The fourth-order valence-electron chi connectivity index (χ4n) is 4.40. The predicted octanol–water partition coefficient (Wildman–Crippen LogP) is 5.80. The number of benzene rings is 3. The first-order valence-electron chi connectivity index (χ1n) is 10.9. The second kappa shape index (κ2) is 7.94. The van der Waals surface area contributed by atoms with Gasteiger partial charge in [0.15, 0.2) is 0 Å². The number of aromatic amines is 1. The number of carbonyl (C=O) groups is 1. The van der Waals surface area contributed by atoms with Gasteiger partial charge in [-0.1, -0.05) is 54.1 Å². The average Bonchev–Trinajstić information content (AvgIpc) is 3.23. The smallest absolute Gasteiger partial charge is 0.228 e. The normalized spacial score (nSPS) is 17.2. The number of nitrogens with one attached hydrogen (secondary N) is 2. The Morgan fingerprint density at radius 1 is 1.03 bits per heavy atom. The molecule has 6 rings (SSSR count). The van der Waals surface area contributed by atoms with Gasteiger partial charge in [-0.25, -0.2) is 0 Å². The van der Waals surface area contributed by atoms with Gasteiger partial charge in [0.1, 0.15) is 0 Å². The van der Waals surface area contributed by atoms with Crippen molar-refractivity contribution >= 4 is 33.0 Å². The van der Waals surface area contributed by atoms with Gasteiger partial charge in [0, 0.05) is 32.3 Å². The number of aromatic nitrogens is 4. The largest absolute Gasteiger partial charge is 0.326 e. The van der Waals surface area contributed by atoms with Crippen molar-refractivity contribution in [3.05, 3.63) is 83.9 Å². The molecule has 1 fully saturated rings. The SMILES string of the molecule is Cc1cccc(C2CC2C(=O)Nc2ccc(-c3cc4ccccc4s3)c(-c3nn[nH]n3)c2)c1. The van der Waals surface area contributed by atoms with E-state index in [1.807, 2.05) is 30.3 Å². The average molecular weight is 452 g/mol. The molecule has 162 valence electrons. The monoisotopic (exact) mass is 451 g/mol. The summed E-state index contributed by atoms with van der Waals surface area (Å²) >= 11 is 1.72. The third kappa shape index (κ3) is 3.81. The van der Waals surface area contributed by atoms with Gasteiger partial charge < -0.3 is 5.32 Å². The molecule has 5 aromatic rings. The zero-order valence-electron chi connectivity index (χ0n) is 17.9. The predicted molar refractivity (Wildman–Crippen MR) is 131 cm³/mol. The van der Waals surface area contributed by atoms with Crippen molar-refractivity contribution in [1.82, 2.24) is 20.6 Å². The standard InChI is InChI=1S/C26H21N5OS/c1-15-5-4-7-16(11-15)20-14-22(20)26(32)27-18-9-10-19(21(13-18)25-28-30-31-29-25)24-12-17-6-2-3-8-23(17)33-24/h2-13,20,22H,14H2,1H3,(H,27,32)(H,28,29,30,31). The second-order valence-electron chi connectivity index (χ2n) is 8.50. The van der Waals surface area contributed by atoms with E-state index in [-0.39, 0.29) is 11.8 Å². The lowest BCUT2D eigenvalue weighted by atomic mass is 10.0. The molecule has 2 unspecified atom stereocenters. The Labute approximate surface area is 194 Å². The molecule has 0 radical (unpaired) electrons. The van der Waals surface area contributed by atoms with Crippen LogP contribution in [0.5, 0.6) is 0 Å². The molecule has 0 aliphatic heterocycles. The van der Waals surface area contributed by atoms with E-state index >= 15 is 0 Å². The van der Waals surface area contributed by atoms with Crippen LogP contribution >= 0.6 is 11.3 Å². The lowest BCUT2D eigenvalue weighted by molar-refractivity contribution is -0.117. The fraction of sp³-hybridized carbons (Fsp3) is 0.154. The van der Waals surface area contributed by atoms with Crippen LogP contribution in [0.25, 0.3) is 31.9 Å². The van der Waals surface area contributed by atoms with Gasteiger partial charge in [0.25, 0.3) is 0 Å². The van der Waals surface area contributed by atoms with Gasteiger partial charge in [-0.2, -0.15) is 5.21 Å². The number of anilines is 1. The van der Waals surface area contributed by atoms with E-state index in [9.17, 15) is 4.79 Å². The molecular weight excluding hydrogens is 430 g/mol. The molecule has 33 heavy (non-hydrogen) atoms. The van der Waals surface area contributed by atoms with E-state index in [0.29, 0.717) is 11.7 Å². The summed E-state index contributed by atoms with van der Waals surface area (Å²) < 4.78 is 1.22. The summed E-state index contributed by atoms with van der Waals surface area (Å²) in [6.07, 6.45) is 0.882. The fourth-order valence-corrected chi connectivity index (χ4v) is 5.50. The van der Waals surface area contributed by atoms with E-state index in [1.54, 1.807) is 11.3 Å². The third-order valence-corrected chi connectivity index (χ3v) is 7.31. The van der Waals surface area contributed by atoms with Gasteiger partial charge in [0.2, 0.25) is 11.7 Å². The van der Waals surface area contributed by atoms with Crippen LogP contribution in [-0.4, -0.2) is 26.5 Å². The van der Waals surface area contributed by atoms with E-state index in [1.165, 1.54) is 21.2 Å². The van der Waals surface area contributed by atoms with Crippen LogP contribution in [0.4, 0.5) is 5.69 Å². The first-order chi connectivity index (χ1) is 16.2. The van der Waals surface area contributed by atoms with Gasteiger partial charge in [-0.15, -0.1) is 21.5 Å². The van der Waals surface area contributed by atoms with Crippen molar-refractivity contribution in [3.63, 3.8) is 0 Å². The zero-order chi connectivity index (χ0) is 22.4. The summed E-state index contributed by atoms with van der Waals surface area (Å²) in [5, 5.41) is 19.0. The first kappa shape index (κ1) is 19.8. The maximum Gasteiger partial charge on any atom is 0.228 e. The molecular formula is C26H21N5OS. The molecule has 6 nitrogen and oxygen atoms in total. The topological polar surface area (TPSA) is 83.6 Å². The summed E-state index contributed by atoms with van der Waals surface area (Å²) in [5.74, 6) is 0.847. The van der Waals surface area contributed by atoms with Crippen molar-refractivity contribution < 1.29 is 4.79 Å². The van der Waals surface area contributed by atoms with Crippen LogP contribution in [0.15, 0.2) is 72.8 Å². The van der Waals surface area contributed by atoms with Gasteiger partial charge in [-0.05, 0) is 59.7 Å². The maximum atomic E-state index is 13.0. The minimum atomic E-state index is 0.00250. The van der Waals surface area contributed by atoms with Crippen molar-refractivity contribution in [3.8, 4) is 21.8 Å². The van der Waals surface area contributed by atoms with Crippen molar-refractivity contribution in [1.29, 1.82) is 0 Å². The Hall–Kier alpha value is -3.84. The molecule has 1 amide bonds. The summed E-state index contributed by atoms with van der Waals surface area (Å²) in [4.78, 5) is 14.1. The molecule has 1 saturated carbocycles. The van der Waals surface area contributed by atoms with E-state index in [4.69, 9.17) is 0 Å². The molecule has 2 heterocycles. The Morgan fingerprint density at radius 2 is 1.94 bits per heavy atom. The third-order valence-electron chi connectivity index (χ3n) is 6.16. The number of H-pyrrole nitrogens is 1. The Morgan fingerprint density at radius 3 is 2.76 bits per heavy atom. The Kier molecular flexibility index (Phi) is 4.77. The molecule has 3 aromatic carbocycles.